The highest BCUT2D eigenvalue weighted by Crippen LogP contribution is 2.37. The Hall–Kier alpha value is -4.88. The number of urea groups is 1. The maximum atomic E-state index is 13.7. The van der Waals surface area contributed by atoms with E-state index >= 15 is 0 Å². The first-order valence-electron chi connectivity index (χ1n) is 14.0. The Bertz CT molecular complexity index is 1800. The number of benzene rings is 1. The molecule has 1 aliphatic heterocycles. The molecule has 0 spiro atoms. The molecule has 4 heterocycles. The van der Waals surface area contributed by atoms with Crippen molar-refractivity contribution >= 4 is 40.7 Å². The van der Waals surface area contributed by atoms with Crippen molar-refractivity contribution in [2.75, 3.05) is 31.5 Å². The lowest BCUT2D eigenvalue weighted by Crippen LogP contribution is -2.57. The van der Waals surface area contributed by atoms with Crippen LogP contribution in [0, 0.1) is 11.3 Å². The van der Waals surface area contributed by atoms with Crippen LogP contribution in [0.5, 0.6) is 0 Å². The number of aromatic nitrogens is 5. The molecule has 0 bridgehead atoms. The topological polar surface area (TPSA) is 162 Å². The van der Waals surface area contributed by atoms with Crippen molar-refractivity contribution < 1.29 is 22.8 Å². The molecule has 1 aliphatic carbocycles. The molecule has 0 unspecified atom stereocenters. The Morgan fingerprint density at radius 2 is 1.87 bits per heavy atom. The average Bonchev–Trinajstić information content (AvgIpc) is 3.61. The number of nitrogens with zero attached hydrogens (tertiary/aromatic N) is 8. The van der Waals surface area contributed by atoms with Gasteiger partial charge in [-0.2, -0.15) is 23.5 Å². The normalized spacial score (nSPS) is 18.4. The summed E-state index contributed by atoms with van der Waals surface area (Å²) >= 11 is 6.52. The highest BCUT2D eigenvalue weighted by atomic mass is 35.5. The van der Waals surface area contributed by atoms with Gasteiger partial charge in [-0.15, -0.1) is 0 Å². The van der Waals surface area contributed by atoms with Gasteiger partial charge < -0.3 is 26.2 Å². The van der Waals surface area contributed by atoms with Gasteiger partial charge in [-0.05, 0) is 31.0 Å². The first-order valence-corrected chi connectivity index (χ1v) is 14.4. The average molecular weight is 642 g/mol. The third kappa shape index (κ3) is 6.08. The lowest BCUT2D eigenvalue weighted by atomic mass is 9.88. The van der Waals surface area contributed by atoms with E-state index in [0.29, 0.717) is 31.9 Å². The minimum Gasteiger partial charge on any atom is -0.337 e. The molecule has 4 N–H and O–H groups in total. The zero-order chi connectivity index (χ0) is 31.9. The second-order valence-electron chi connectivity index (χ2n) is 10.8. The van der Waals surface area contributed by atoms with Crippen LogP contribution in [0.25, 0.3) is 16.9 Å². The molecule has 2 fully saturated rings. The molecule has 3 amide bonds. The van der Waals surface area contributed by atoms with Crippen LogP contribution in [0.15, 0.2) is 43.0 Å². The van der Waals surface area contributed by atoms with E-state index in [1.54, 1.807) is 34.1 Å². The molecular formula is C28H27ClF3N11O2. The van der Waals surface area contributed by atoms with Gasteiger partial charge in [-0.3, -0.25) is 13.9 Å². The highest BCUT2D eigenvalue weighted by molar-refractivity contribution is 6.34. The number of nitriles is 1. The summed E-state index contributed by atoms with van der Waals surface area (Å²) in [6.07, 6.45) is 2.06. The zero-order valence-electron chi connectivity index (χ0n) is 23.6. The van der Waals surface area contributed by atoms with Crippen molar-refractivity contribution in [2.45, 2.75) is 37.6 Å². The number of nitrogens with one attached hydrogen (secondary N) is 2. The van der Waals surface area contributed by atoms with Crippen LogP contribution in [-0.2, 0) is 12.7 Å². The quantitative estimate of drug-likeness (QED) is 0.288. The number of halogens is 4. The molecule has 1 saturated heterocycles. The molecule has 6 rings (SSSR count). The van der Waals surface area contributed by atoms with Gasteiger partial charge in [0.25, 0.3) is 5.91 Å². The number of carbonyl (C=O) groups excluding carboxylic acids is 2. The molecule has 13 nitrogen and oxygen atoms in total. The van der Waals surface area contributed by atoms with Gasteiger partial charge in [0.15, 0.2) is 17.2 Å². The number of hydrogen-bond donors (Lipinski definition) is 3. The van der Waals surface area contributed by atoms with Crippen LogP contribution < -0.4 is 16.4 Å². The van der Waals surface area contributed by atoms with E-state index in [0.717, 1.165) is 23.7 Å². The maximum Gasteiger partial charge on any atom is 0.435 e. The SMILES string of the molecule is N#CCn1cc(-c2cnc3c(Nc4ccc(C(=O)N5CCN(C(=O)N[C@H]6C[C@@H](N)C6)CC5)c(Cl)c4)nccn23)c(C(F)(F)F)n1. The van der Waals surface area contributed by atoms with Gasteiger partial charge in [0.2, 0.25) is 0 Å². The van der Waals surface area contributed by atoms with Crippen LogP contribution in [-0.4, -0.2) is 84.1 Å². The van der Waals surface area contributed by atoms with E-state index in [1.807, 2.05) is 0 Å². The minimum absolute atomic E-state index is 0.0957. The zero-order valence-corrected chi connectivity index (χ0v) is 24.4. The van der Waals surface area contributed by atoms with Crippen molar-refractivity contribution in [3.05, 3.63) is 59.3 Å². The summed E-state index contributed by atoms with van der Waals surface area (Å²) in [4.78, 5) is 37.6. The van der Waals surface area contributed by atoms with Crippen molar-refractivity contribution in [3.8, 4) is 17.3 Å². The predicted octanol–water partition coefficient (Wildman–Crippen LogP) is 3.49. The van der Waals surface area contributed by atoms with Gasteiger partial charge >= 0.3 is 12.2 Å². The van der Waals surface area contributed by atoms with Crippen molar-refractivity contribution in [3.63, 3.8) is 0 Å². The molecule has 0 radical (unpaired) electrons. The lowest BCUT2D eigenvalue weighted by molar-refractivity contribution is -0.141. The van der Waals surface area contributed by atoms with E-state index in [2.05, 4.69) is 25.7 Å². The number of piperazine rings is 1. The second kappa shape index (κ2) is 11.9. The van der Waals surface area contributed by atoms with E-state index in [1.165, 1.54) is 23.0 Å². The van der Waals surface area contributed by atoms with Crippen LogP contribution >= 0.6 is 11.6 Å². The Labute approximate surface area is 259 Å². The number of rotatable bonds is 6. The number of amides is 3. The van der Waals surface area contributed by atoms with E-state index in [-0.39, 0.29) is 63.9 Å². The molecule has 0 atom stereocenters. The van der Waals surface area contributed by atoms with Gasteiger partial charge in [0.05, 0.1) is 34.1 Å². The van der Waals surface area contributed by atoms with Crippen LogP contribution in [0.2, 0.25) is 5.02 Å². The molecule has 17 heteroatoms. The predicted molar refractivity (Wildman–Crippen MR) is 157 cm³/mol. The fourth-order valence-electron chi connectivity index (χ4n) is 5.41. The number of imidazole rings is 1. The maximum absolute atomic E-state index is 13.7. The summed E-state index contributed by atoms with van der Waals surface area (Å²) in [5.41, 5.74) is 5.50. The van der Waals surface area contributed by atoms with Crippen molar-refractivity contribution in [2.24, 2.45) is 5.73 Å². The van der Waals surface area contributed by atoms with E-state index in [9.17, 15) is 22.8 Å². The lowest BCUT2D eigenvalue weighted by Gasteiger charge is -2.38. The number of alkyl halides is 3. The molecule has 4 aromatic rings. The molecule has 2 aliphatic rings. The second-order valence-corrected chi connectivity index (χ2v) is 11.2. The summed E-state index contributed by atoms with van der Waals surface area (Å²) in [5, 5.41) is 18.7. The smallest absolute Gasteiger partial charge is 0.337 e. The van der Waals surface area contributed by atoms with Gasteiger partial charge in [-0.25, -0.2) is 14.8 Å². The number of hydrogen-bond acceptors (Lipinski definition) is 8. The molecule has 234 valence electrons. The summed E-state index contributed by atoms with van der Waals surface area (Å²) in [6.45, 7) is 1.13. The van der Waals surface area contributed by atoms with E-state index in [4.69, 9.17) is 22.6 Å². The first-order chi connectivity index (χ1) is 21.5. The Morgan fingerprint density at radius 3 is 2.53 bits per heavy atom. The number of nitrogens with two attached hydrogens (primary N) is 1. The molecular weight excluding hydrogens is 615 g/mol. The van der Waals surface area contributed by atoms with Gasteiger partial charge in [0, 0.05) is 62.5 Å². The standard InChI is InChI=1S/C28H27ClF3N11O2/c29-21-13-17(1-2-19(21)26(44)40-7-9-41(10-8-40)27(45)38-18-11-16(34)12-18)37-24-25-36-14-22(43(25)6-4-35-24)20-15-42(5-3-33)39-23(20)28(30,31)32/h1-2,4,6,13-16,18H,5,7-12,34H2,(H,35,37)(H,38,45)/t16-,18+. The van der Waals surface area contributed by atoms with E-state index < -0.39 is 11.9 Å². The highest BCUT2D eigenvalue weighted by Gasteiger charge is 2.38. The van der Waals surface area contributed by atoms with Crippen LogP contribution in [0.4, 0.5) is 29.5 Å². The fourth-order valence-corrected chi connectivity index (χ4v) is 5.67. The third-order valence-corrected chi connectivity index (χ3v) is 8.10. The summed E-state index contributed by atoms with van der Waals surface area (Å²) < 4.78 is 43.6. The number of fused-ring (bicyclic) bond motifs is 1. The molecule has 1 saturated carbocycles. The minimum atomic E-state index is -4.75. The van der Waals surface area contributed by atoms with Crippen molar-refractivity contribution in [1.82, 2.24) is 39.3 Å². The van der Waals surface area contributed by atoms with Crippen LogP contribution in [0.3, 0.4) is 0 Å². The molecule has 45 heavy (non-hydrogen) atoms. The molecule has 1 aromatic carbocycles. The van der Waals surface area contributed by atoms with Crippen LogP contribution in [0.1, 0.15) is 28.9 Å². The van der Waals surface area contributed by atoms with Gasteiger partial charge in [-0.1, -0.05) is 11.6 Å². The third-order valence-electron chi connectivity index (χ3n) is 7.79. The van der Waals surface area contributed by atoms with Crippen molar-refractivity contribution in [1.29, 1.82) is 5.26 Å². The first kappa shape index (κ1) is 30.2. The number of anilines is 2. The Morgan fingerprint density at radius 1 is 1.13 bits per heavy atom. The van der Waals surface area contributed by atoms with Gasteiger partial charge in [0.1, 0.15) is 6.54 Å². The molecule has 3 aromatic heterocycles. The monoisotopic (exact) mass is 641 g/mol. The Kier molecular flexibility index (Phi) is 7.97. The fraction of sp³-hybridized carbons (Fsp3) is 0.357. The summed E-state index contributed by atoms with van der Waals surface area (Å²) in [6, 6.07) is 6.60. The summed E-state index contributed by atoms with van der Waals surface area (Å²) in [7, 11) is 0. The number of carbonyl (C=O) groups is 2. The Balaban J connectivity index is 1.15. The summed E-state index contributed by atoms with van der Waals surface area (Å²) in [5.74, 6) is -0.0396. The largest absolute Gasteiger partial charge is 0.435 e.